The number of hydrogen-bond acceptors (Lipinski definition) is 4. The van der Waals surface area contributed by atoms with E-state index in [0.717, 1.165) is 0 Å². The molecule has 0 bridgehead atoms. The molecule has 0 radical (unpaired) electrons. The van der Waals surface area contributed by atoms with E-state index >= 15 is 0 Å². The van der Waals surface area contributed by atoms with Gasteiger partial charge in [-0.2, -0.15) is 0 Å². The summed E-state index contributed by atoms with van der Waals surface area (Å²) in [4.78, 5) is 21.4. The smallest absolute Gasteiger partial charge is 0.395 e. The lowest BCUT2D eigenvalue weighted by molar-refractivity contribution is 0.144. The van der Waals surface area contributed by atoms with E-state index in [1.165, 1.54) is 0 Å². The van der Waals surface area contributed by atoms with Crippen LogP contribution in [0.25, 0.3) is 0 Å². The molecule has 0 aliphatic carbocycles. The number of amides is 2. The van der Waals surface area contributed by atoms with E-state index < -0.39 is 20.1 Å². The number of alkyl halides is 6. The Morgan fingerprint density at radius 3 is 1.19 bits per heavy atom. The van der Waals surface area contributed by atoms with Crippen molar-refractivity contribution in [3.05, 3.63) is 0 Å². The Bertz CT molecular complexity index is 277. The summed E-state index contributed by atoms with van der Waals surface area (Å²) in [5.74, 6) is 0. The molecule has 0 aromatic carbocycles. The first kappa shape index (κ1) is 16.3. The van der Waals surface area contributed by atoms with Crippen LogP contribution in [-0.4, -0.2) is 20.1 Å². The van der Waals surface area contributed by atoms with Crippen LogP contribution in [0, 0.1) is 0 Å². The van der Waals surface area contributed by atoms with Gasteiger partial charge in [-0.1, -0.05) is 10.2 Å². The fourth-order valence-corrected chi connectivity index (χ4v) is 0.716. The zero-order chi connectivity index (χ0) is 13.0. The summed E-state index contributed by atoms with van der Waals surface area (Å²) in [5, 5.41) is 5.31. The SMILES string of the molecule is O=C(/N=N/C(=O)OC(Cl)(Cl)Cl)OC(Cl)(Cl)Cl. The largest absolute Gasteiger partial charge is 0.456 e. The minimum atomic E-state index is -2.32. The minimum Gasteiger partial charge on any atom is -0.395 e. The van der Waals surface area contributed by atoms with Gasteiger partial charge in [0.15, 0.2) is 0 Å². The van der Waals surface area contributed by atoms with E-state index in [-0.39, 0.29) is 0 Å². The second-order valence-electron chi connectivity index (χ2n) is 1.83. The molecule has 0 fully saturated rings. The number of halogens is 6. The lowest BCUT2D eigenvalue weighted by atomic mass is 11.2. The summed E-state index contributed by atoms with van der Waals surface area (Å²) in [5.41, 5.74) is 0. The summed E-state index contributed by atoms with van der Waals surface area (Å²) in [6.45, 7) is 0. The van der Waals surface area contributed by atoms with Crippen LogP contribution in [0.15, 0.2) is 10.2 Å². The molecule has 0 atom stereocenters. The number of rotatable bonds is 0. The maximum atomic E-state index is 10.7. The molecular weight excluding hydrogens is 353 g/mol. The molecule has 0 aromatic heterocycles. The molecular formula is C4Cl6N2O4. The first-order chi connectivity index (χ1) is 6.99. The van der Waals surface area contributed by atoms with Crippen molar-refractivity contribution in [3.63, 3.8) is 0 Å². The highest BCUT2D eigenvalue weighted by Crippen LogP contribution is 2.29. The van der Waals surface area contributed by atoms with Crippen LogP contribution >= 0.6 is 69.6 Å². The fourth-order valence-electron chi connectivity index (χ4n) is 0.320. The van der Waals surface area contributed by atoms with Crippen LogP contribution in [0.3, 0.4) is 0 Å². The van der Waals surface area contributed by atoms with Crippen LogP contribution in [0.2, 0.25) is 0 Å². The standard InChI is InChI=1S/C4Cl6N2O4/c5-3(6,7)15-1(13)11-12-2(14)16-4(8,9)10/b12-11+. The van der Waals surface area contributed by atoms with Crippen LogP contribution in [0.4, 0.5) is 9.59 Å². The molecule has 0 rings (SSSR count). The number of hydrogen-bond donors (Lipinski definition) is 0. The Balaban J connectivity index is 4.20. The number of azo groups is 1. The zero-order valence-corrected chi connectivity index (χ0v) is 11.3. The topological polar surface area (TPSA) is 77.3 Å². The van der Waals surface area contributed by atoms with E-state index in [9.17, 15) is 9.59 Å². The molecule has 0 unspecified atom stereocenters. The lowest BCUT2D eigenvalue weighted by Gasteiger charge is -2.09. The first-order valence-electron chi connectivity index (χ1n) is 3.01. The second-order valence-corrected chi connectivity index (χ2v) is 6.18. The van der Waals surface area contributed by atoms with Crippen LogP contribution in [-0.2, 0) is 9.47 Å². The Morgan fingerprint density at radius 2 is 1.00 bits per heavy atom. The maximum absolute atomic E-state index is 10.7. The quantitative estimate of drug-likeness (QED) is 0.479. The molecule has 0 aliphatic heterocycles. The molecule has 6 nitrogen and oxygen atoms in total. The number of ether oxygens (including phenoxy) is 2. The molecule has 0 saturated carbocycles. The molecule has 2 amide bonds. The Kier molecular flexibility index (Phi) is 6.39. The average molecular weight is 353 g/mol. The van der Waals surface area contributed by atoms with Crippen molar-refractivity contribution in [2.24, 2.45) is 10.2 Å². The Morgan fingerprint density at radius 1 is 0.750 bits per heavy atom. The van der Waals surface area contributed by atoms with Crippen molar-refractivity contribution in [3.8, 4) is 0 Å². The first-order valence-corrected chi connectivity index (χ1v) is 5.27. The molecule has 0 N–H and O–H groups in total. The highest BCUT2D eigenvalue weighted by Gasteiger charge is 2.27. The maximum Gasteiger partial charge on any atom is 0.456 e. The zero-order valence-electron chi connectivity index (χ0n) is 6.80. The third-order valence-corrected chi connectivity index (χ3v) is 1.08. The summed E-state index contributed by atoms with van der Waals surface area (Å²) < 4.78 is 3.37. The summed E-state index contributed by atoms with van der Waals surface area (Å²) in [7, 11) is 0. The van der Waals surface area contributed by atoms with E-state index in [1.54, 1.807) is 0 Å². The molecule has 0 spiro atoms. The van der Waals surface area contributed by atoms with Gasteiger partial charge in [0.1, 0.15) is 0 Å². The van der Waals surface area contributed by atoms with E-state index in [0.29, 0.717) is 0 Å². The van der Waals surface area contributed by atoms with Crippen LogP contribution in [0.5, 0.6) is 0 Å². The van der Waals surface area contributed by atoms with Crippen molar-refractivity contribution in [2.75, 3.05) is 0 Å². The third-order valence-electron chi connectivity index (χ3n) is 0.619. The summed E-state index contributed by atoms with van der Waals surface area (Å²) in [6, 6.07) is 0. The van der Waals surface area contributed by atoms with Gasteiger partial charge >= 0.3 is 20.1 Å². The van der Waals surface area contributed by atoms with Gasteiger partial charge < -0.3 is 9.47 Å². The van der Waals surface area contributed by atoms with Crippen LogP contribution in [0.1, 0.15) is 0 Å². The molecule has 92 valence electrons. The van der Waals surface area contributed by atoms with E-state index in [4.69, 9.17) is 69.6 Å². The summed E-state index contributed by atoms with van der Waals surface area (Å²) in [6.07, 6.45) is -2.89. The van der Waals surface area contributed by atoms with E-state index in [1.807, 2.05) is 0 Å². The highest BCUT2D eigenvalue weighted by molar-refractivity contribution is 6.67. The fraction of sp³-hybridized carbons (Fsp3) is 0.500. The van der Waals surface area contributed by atoms with Gasteiger partial charge in [0.2, 0.25) is 0 Å². The molecule has 0 aliphatic rings. The van der Waals surface area contributed by atoms with Crippen molar-refractivity contribution in [1.29, 1.82) is 0 Å². The predicted molar refractivity (Wildman–Crippen MR) is 58.4 cm³/mol. The number of carbonyl (C=O) groups excluding carboxylic acids is 2. The van der Waals surface area contributed by atoms with Gasteiger partial charge in [0, 0.05) is 0 Å². The number of nitrogens with zero attached hydrogens (tertiary/aromatic N) is 2. The van der Waals surface area contributed by atoms with Gasteiger partial charge in [-0.15, -0.1) is 0 Å². The van der Waals surface area contributed by atoms with Crippen molar-refractivity contribution in [2.45, 2.75) is 7.96 Å². The van der Waals surface area contributed by atoms with Crippen molar-refractivity contribution < 1.29 is 19.1 Å². The van der Waals surface area contributed by atoms with Crippen LogP contribution < -0.4 is 0 Å². The van der Waals surface area contributed by atoms with Gasteiger partial charge in [-0.3, -0.25) is 0 Å². The van der Waals surface area contributed by atoms with Crippen molar-refractivity contribution >= 4 is 81.8 Å². The minimum absolute atomic E-state index is 1.44. The molecule has 16 heavy (non-hydrogen) atoms. The summed E-state index contributed by atoms with van der Waals surface area (Å²) >= 11 is 30.3. The number of carbonyl (C=O) groups is 2. The predicted octanol–water partition coefficient (Wildman–Crippen LogP) is 4.37. The second kappa shape index (κ2) is 6.28. The van der Waals surface area contributed by atoms with E-state index in [2.05, 4.69) is 19.7 Å². The molecule has 0 heterocycles. The monoisotopic (exact) mass is 350 g/mol. The molecule has 0 aromatic rings. The normalized spacial score (nSPS) is 12.6. The Labute approximate surface area is 119 Å². The Hall–Kier alpha value is 0.280. The average Bonchev–Trinajstić information content (AvgIpc) is 1.94. The van der Waals surface area contributed by atoms with Gasteiger partial charge in [0.25, 0.3) is 0 Å². The molecule has 12 heteroatoms. The van der Waals surface area contributed by atoms with Gasteiger partial charge in [0.05, 0.1) is 0 Å². The van der Waals surface area contributed by atoms with Crippen molar-refractivity contribution in [1.82, 2.24) is 0 Å². The van der Waals surface area contributed by atoms with Gasteiger partial charge in [-0.05, 0) is 69.6 Å². The third kappa shape index (κ3) is 10.8. The highest BCUT2D eigenvalue weighted by atomic mass is 35.6. The van der Waals surface area contributed by atoms with Gasteiger partial charge in [-0.25, -0.2) is 9.59 Å². The lowest BCUT2D eigenvalue weighted by Crippen LogP contribution is -2.14. The molecule has 0 saturated heterocycles.